The number of hydrogen-bond acceptors (Lipinski definition) is 4. The quantitative estimate of drug-likeness (QED) is 0.577. The second-order valence-corrected chi connectivity index (χ2v) is 5.73. The summed E-state index contributed by atoms with van der Waals surface area (Å²) in [6.07, 6.45) is 1.73. The van der Waals surface area contributed by atoms with Gasteiger partial charge in [-0.2, -0.15) is 0 Å². The summed E-state index contributed by atoms with van der Waals surface area (Å²) >= 11 is 0. The number of fused-ring (bicyclic) bond motifs is 1. The van der Waals surface area contributed by atoms with Crippen LogP contribution in [0.1, 0.15) is 16.1 Å². The third kappa shape index (κ3) is 3.57. The number of rotatable bonds is 5. The molecule has 1 amide bonds. The van der Waals surface area contributed by atoms with Gasteiger partial charge in [-0.15, -0.1) is 0 Å². The summed E-state index contributed by atoms with van der Waals surface area (Å²) in [5, 5.41) is 3.78. The van der Waals surface area contributed by atoms with Crippen molar-refractivity contribution in [2.24, 2.45) is 0 Å². The molecule has 5 heteroatoms. The highest BCUT2D eigenvalue weighted by molar-refractivity contribution is 5.97. The average molecular weight is 344 g/mol. The number of nitrogens with zero attached hydrogens (tertiary/aromatic N) is 1. The van der Waals surface area contributed by atoms with Gasteiger partial charge in [-0.25, -0.2) is 0 Å². The fourth-order valence-corrected chi connectivity index (χ4v) is 2.60. The zero-order chi connectivity index (χ0) is 17.8. The fourth-order valence-electron chi connectivity index (χ4n) is 2.60. The van der Waals surface area contributed by atoms with Gasteiger partial charge < -0.3 is 14.5 Å². The lowest BCUT2D eigenvalue weighted by molar-refractivity contribution is 0.0947. The molecule has 0 radical (unpaired) electrons. The Kier molecular flexibility index (Phi) is 4.35. The molecule has 0 bridgehead atoms. The van der Waals surface area contributed by atoms with E-state index in [-0.39, 0.29) is 12.5 Å². The number of furan rings is 1. The number of aromatic nitrogens is 1. The molecule has 4 rings (SSSR count). The molecule has 0 atom stereocenters. The van der Waals surface area contributed by atoms with Crippen LogP contribution in [0.5, 0.6) is 11.7 Å². The maximum absolute atomic E-state index is 12.4. The number of para-hydroxylation sites is 1. The second kappa shape index (κ2) is 7.11. The van der Waals surface area contributed by atoms with Crippen molar-refractivity contribution in [2.45, 2.75) is 6.54 Å². The molecular formula is C21H16N2O3. The number of pyridine rings is 1. The lowest BCUT2D eigenvalue weighted by Gasteiger charge is -2.05. The highest BCUT2D eigenvalue weighted by Crippen LogP contribution is 2.23. The zero-order valence-corrected chi connectivity index (χ0v) is 13.9. The number of carbonyl (C=O) groups is 1. The zero-order valence-electron chi connectivity index (χ0n) is 13.9. The number of nitrogens with one attached hydrogen (secondary N) is 1. The molecule has 0 spiro atoms. The van der Waals surface area contributed by atoms with E-state index < -0.39 is 0 Å². The van der Waals surface area contributed by atoms with Crippen LogP contribution in [0, 0.1) is 0 Å². The van der Waals surface area contributed by atoms with Crippen LogP contribution in [-0.4, -0.2) is 10.9 Å². The van der Waals surface area contributed by atoms with Crippen LogP contribution >= 0.6 is 0 Å². The maximum atomic E-state index is 12.4. The SMILES string of the molecule is O=C(NCc1ccc(Oc2ccccc2)o1)c1ccc2ncccc2c1. The lowest BCUT2D eigenvalue weighted by atomic mass is 10.1. The summed E-state index contributed by atoms with van der Waals surface area (Å²) in [6, 6.07) is 22.1. The van der Waals surface area contributed by atoms with Gasteiger partial charge in [0.25, 0.3) is 11.9 Å². The standard InChI is InChI=1S/C21H16N2O3/c24-21(16-8-10-19-15(13-16)5-4-12-22-19)23-14-18-9-11-20(26-18)25-17-6-2-1-3-7-17/h1-13H,14H2,(H,23,24). The molecule has 0 aliphatic carbocycles. The van der Waals surface area contributed by atoms with E-state index in [0.717, 1.165) is 10.9 Å². The minimum atomic E-state index is -0.169. The first-order valence-electron chi connectivity index (χ1n) is 8.22. The lowest BCUT2D eigenvalue weighted by Crippen LogP contribution is -2.22. The molecule has 4 aromatic rings. The van der Waals surface area contributed by atoms with Gasteiger partial charge >= 0.3 is 0 Å². The molecule has 0 aliphatic heterocycles. The van der Waals surface area contributed by atoms with Gasteiger partial charge in [0.05, 0.1) is 12.1 Å². The van der Waals surface area contributed by atoms with Crippen molar-refractivity contribution in [2.75, 3.05) is 0 Å². The smallest absolute Gasteiger partial charge is 0.290 e. The minimum Gasteiger partial charge on any atom is -0.429 e. The molecule has 1 N–H and O–H groups in total. The molecule has 2 heterocycles. The van der Waals surface area contributed by atoms with Gasteiger partial charge in [0, 0.05) is 23.2 Å². The van der Waals surface area contributed by atoms with E-state index in [1.165, 1.54) is 0 Å². The first-order chi connectivity index (χ1) is 12.8. The summed E-state index contributed by atoms with van der Waals surface area (Å²) in [7, 11) is 0. The molecule has 0 fully saturated rings. The Morgan fingerprint density at radius 2 is 1.88 bits per heavy atom. The second-order valence-electron chi connectivity index (χ2n) is 5.73. The molecular weight excluding hydrogens is 328 g/mol. The number of hydrogen-bond donors (Lipinski definition) is 1. The summed E-state index contributed by atoms with van der Waals surface area (Å²) in [6.45, 7) is 0.280. The Morgan fingerprint density at radius 3 is 2.77 bits per heavy atom. The molecule has 128 valence electrons. The number of carbonyl (C=O) groups excluding carboxylic acids is 1. The molecule has 2 aromatic heterocycles. The first kappa shape index (κ1) is 15.9. The summed E-state index contributed by atoms with van der Waals surface area (Å²) in [5.41, 5.74) is 1.44. The number of ether oxygens (including phenoxy) is 1. The van der Waals surface area contributed by atoms with Crippen LogP contribution in [-0.2, 0) is 6.54 Å². The van der Waals surface area contributed by atoms with E-state index in [9.17, 15) is 4.79 Å². The normalized spacial score (nSPS) is 10.6. The van der Waals surface area contributed by atoms with Crippen LogP contribution in [0.25, 0.3) is 10.9 Å². The van der Waals surface area contributed by atoms with Crippen LogP contribution in [0.15, 0.2) is 83.4 Å². The van der Waals surface area contributed by atoms with Crippen LogP contribution in [0.4, 0.5) is 0 Å². The van der Waals surface area contributed by atoms with E-state index in [1.807, 2.05) is 54.6 Å². The molecule has 26 heavy (non-hydrogen) atoms. The van der Waals surface area contributed by atoms with Gasteiger partial charge in [-0.05, 0) is 42.5 Å². The predicted molar refractivity (Wildman–Crippen MR) is 98.1 cm³/mol. The molecule has 2 aromatic carbocycles. The van der Waals surface area contributed by atoms with Crippen LogP contribution in [0.2, 0.25) is 0 Å². The van der Waals surface area contributed by atoms with E-state index in [4.69, 9.17) is 9.15 Å². The number of amides is 1. The van der Waals surface area contributed by atoms with E-state index in [2.05, 4.69) is 10.3 Å². The summed E-state index contributed by atoms with van der Waals surface area (Å²) in [4.78, 5) is 16.6. The van der Waals surface area contributed by atoms with Gasteiger partial charge in [-0.1, -0.05) is 24.3 Å². The largest absolute Gasteiger partial charge is 0.429 e. The highest BCUT2D eigenvalue weighted by Gasteiger charge is 2.09. The summed E-state index contributed by atoms with van der Waals surface area (Å²) in [5.74, 6) is 1.53. The van der Waals surface area contributed by atoms with E-state index in [0.29, 0.717) is 23.0 Å². The Morgan fingerprint density at radius 1 is 1.00 bits per heavy atom. The van der Waals surface area contributed by atoms with Crippen molar-refractivity contribution in [1.29, 1.82) is 0 Å². The Balaban J connectivity index is 1.39. The van der Waals surface area contributed by atoms with Crippen molar-refractivity contribution in [3.63, 3.8) is 0 Å². The minimum absolute atomic E-state index is 0.169. The van der Waals surface area contributed by atoms with Crippen molar-refractivity contribution in [3.8, 4) is 11.7 Å². The summed E-state index contributed by atoms with van der Waals surface area (Å²) < 4.78 is 11.2. The van der Waals surface area contributed by atoms with Gasteiger partial charge in [-0.3, -0.25) is 9.78 Å². The fraction of sp³-hybridized carbons (Fsp3) is 0.0476. The molecule has 0 aliphatic rings. The molecule has 0 saturated carbocycles. The van der Waals surface area contributed by atoms with Gasteiger partial charge in [0.1, 0.15) is 11.5 Å². The Labute approximate surface area is 150 Å². The topological polar surface area (TPSA) is 64.4 Å². The van der Waals surface area contributed by atoms with E-state index in [1.54, 1.807) is 24.4 Å². The van der Waals surface area contributed by atoms with Crippen molar-refractivity contribution in [3.05, 3.63) is 90.3 Å². The third-order valence-corrected chi connectivity index (χ3v) is 3.89. The molecule has 5 nitrogen and oxygen atoms in total. The van der Waals surface area contributed by atoms with Gasteiger partial charge in [0.2, 0.25) is 0 Å². The van der Waals surface area contributed by atoms with E-state index >= 15 is 0 Å². The van der Waals surface area contributed by atoms with Crippen LogP contribution < -0.4 is 10.1 Å². The first-order valence-corrected chi connectivity index (χ1v) is 8.22. The Hall–Kier alpha value is -3.60. The Bertz CT molecular complexity index is 1040. The van der Waals surface area contributed by atoms with Crippen molar-refractivity contribution >= 4 is 16.8 Å². The molecule has 0 unspecified atom stereocenters. The van der Waals surface area contributed by atoms with Crippen molar-refractivity contribution in [1.82, 2.24) is 10.3 Å². The average Bonchev–Trinajstić information content (AvgIpc) is 3.14. The number of benzene rings is 2. The van der Waals surface area contributed by atoms with Crippen LogP contribution in [0.3, 0.4) is 0 Å². The predicted octanol–water partition coefficient (Wildman–Crippen LogP) is 4.55. The van der Waals surface area contributed by atoms with Crippen molar-refractivity contribution < 1.29 is 13.9 Å². The third-order valence-electron chi connectivity index (χ3n) is 3.89. The van der Waals surface area contributed by atoms with Gasteiger partial charge in [0.15, 0.2) is 0 Å². The maximum Gasteiger partial charge on any atom is 0.290 e. The molecule has 0 saturated heterocycles. The monoisotopic (exact) mass is 344 g/mol. The highest BCUT2D eigenvalue weighted by atomic mass is 16.6.